The lowest BCUT2D eigenvalue weighted by Gasteiger charge is -2.39. The van der Waals surface area contributed by atoms with Gasteiger partial charge in [-0.05, 0) is 91.7 Å². The van der Waals surface area contributed by atoms with Gasteiger partial charge >= 0.3 is 0 Å². The summed E-state index contributed by atoms with van der Waals surface area (Å²) in [5.41, 5.74) is 21.3. The van der Waals surface area contributed by atoms with Crippen LogP contribution in [0, 0.1) is 0 Å². The summed E-state index contributed by atoms with van der Waals surface area (Å²) in [4.78, 5) is 7.18. The van der Waals surface area contributed by atoms with Gasteiger partial charge in [0.2, 0.25) is 0 Å². The molecule has 4 aliphatic rings. The highest BCUT2D eigenvalue weighted by Crippen LogP contribution is 2.54. The Bertz CT molecular complexity index is 1760. The molecule has 0 atom stereocenters. The van der Waals surface area contributed by atoms with E-state index in [2.05, 4.69) is 95.1 Å². The average Bonchev–Trinajstić information content (AvgIpc) is 3.47. The largest absolute Gasteiger partial charge is 0.309 e. The minimum atomic E-state index is 0.960. The molecule has 0 bridgehead atoms. The van der Waals surface area contributed by atoms with Gasteiger partial charge in [-0.3, -0.25) is 4.98 Å². The second-order valence-electron chi connectivity index (χ2n) is 10.3. The molecule has 5 aromatic rings. The van der Waals surface area contributed by atoms with Gasteiger partial charge in [-0.25, -0.2) is 0 Å². The molecule has 164 valence electrons. The highest BCUT2D eigenvalue weighted by Gasteiger charge is 2.36. The highest BCUT2D eigenvalue weighted by molar-refractivity contribution is 5.95. The zero-order chi connectivity index (χ0) is 22.7. The van der Waals surface area contributed by atoms with Crippen molar-refractivity contribution in [1.82, 2.24) is 4.98 Å². The third-order valence-corrected chi connectivity index (χ3v) is 8.63. The summed E-state index contributed by atoms with van der Waals surface area (Å²) in [7, 11) is 0. The van der Waals surface area contributed by atoms with Crippen molar-refractivity contribution in [3.05, 3.63) is 130 Å². The van der Waals surface area contributed by atoms with Gasteiger partial charge in [0.05, 0.1) is 11.4 Å². The lowest BCUT2D eigenvalue weighted by Crippen LogP contribution is -2.25. The number of aromatic nitrogens is 1. The maximum absolute atomic E-state index is 4.66. The molecule has 2 aliphatic carbocycles. The molecule has 0 N–H and O–H groups in total. The summed E-state index contributed by atoms with van der Waals surface area (Å²) in [6.07, 6.45) is 8.15. The predicted octanol–water partition coefficient (Wildman–Crippen LogP) is 7.50. The van der Waals surface area contributed by atoms with Crippen LogP contribution in [0.2, 0.25) is 0 Å². The maximum Gasteiger partial charge on any atom is 0.0563 e. The van der Waals surface area contributed by atoms with E-state index in [1.54, 1.807) is 0 Å². The van der Waals surface area contributed by atoms with Crippen LogP contribution in [0.1, 0.15) is 44.5 Å². The molecule has 0 unspecified atom stereocenters. The Morgan fingerprint density at radius 3 is 2.17 bits per heavy atom. The number of hydrogen-bond donors (Lipinski definition) is 0. The third kappa shape index (κ3) is 2.23. The molecular weight excluding hydrogens is 424 g/mol. The normalized spacial score (nSPS) is 14.9. The fraction of sp³-hybridized carbons (Fsp3) is 0.121. The van der Waals surface area contributed by atoms with E-state index in [9.17, 15) is 0 Å². The van der Waals surface area contributed by atoms with Gasteiger partial charge in [-0.2, -0.15) is 0 Å². The number of para-hydroxylation sites is 1. The monoisotopic (exact) mass is 446 g/mol. The molecule has 0 spiro atoms. The molecule has 1 aromatic heterocycles. The molecule has 0 fully saturated rings. The lowest BCUT2D eigenvalue weighted by molar-refractivity contribution is 0.974. The van der Waals surface area contributed by atoms with E-state index in [4.69, 9.17) is 0 Å². The second-order valence-corrected chi connectivity index (χ2v) is 10.3. The number of rotatable bonds is 0. The van der Waals surface area contributed by atoms with Crippen LogP contribution in [0.5, 0.6) is 0 Å². The Morgan fingerprint density at radius 1 is 0.486 bits per heavy atom. The van der Waals surface area contributed by atoms with Crippen LogP contribution in [0.25, 0.3) is 22.3 Å². The molecule has 4 aromatic carbocycles. The first-order chi connectivity index (χ1) is 17.3. The van der Waals surface area contributed by atoms with Crippen molar-refractivity contribution < 1.29 is 0 Å². The van der Waals surface area contributed by atoms with Gasteiger partial charge in [0.15, 0.2) is 0 Å². The molecule has 0 amide bonds. The first-order valence-corrected chi connectivity index (χ1v) is 12.6. The average molecular weight is 447 g/mol. The third-order valence-electron chi connectivity index (χ3n) is 8.63. The second kappa shape index (κ2) is 6.28. The van der Waals surface area contributed by atoms with Gasteiger partial charge in [-0.15, -0.1) is 0 Å². The maximum atomic E-state index is 4.66. The number of fused-ring (bicyclic) bond motifs is 12. The fourth-order valence-electron chi connectivity index (χ4n) is 7.19. The Kier molecular flexibility index (Phi) is 3.27. The topological polar surface area (TPSA) is 16.1 Å². The van der Waals surface area contributed by atoms with Gasteiger partial charge in [-0.1, -0.05) is 60.7 Å². The van der Waals surface area contributed by atoms with Crippen LogP contribution in [0.4, 0.5) is 17.1 Å². The van der Waals surface area contributed by atoms with Gasteiger partial charge in [0, 0.05) is 30.9 Å². The van der Waals surface area contributed by atoms with E-state index < -0.39 is 0 Å². The molecule has 2 aliphatic heterocycles. The van der Waals surface area contributed by atoms with Gasteiger partial charge in [0.1, 0.15) is 0 Å². The van der Waals surface area contributed by atoms with Crippen LogP contribution >= 0.6 is 0 Å². The van der Waals surface area contributed by atoms with Crippen molar-refractivity contribution in [1.29, 1.82) is 0 Å². The molecule has 0 radical (unpaired) electrons. The highest BCUT2D eigenvalue weighted by atomic mass is 15.2. The number of pyridine rings is 1. The summed E-state index contributed by atoms with van der Waals surface area (Å²) in [5, 5.41) is 0. The molecule has 3 heterocycles. The van der Waals surface area contributed by atoms with Gasteiger partial charge in [0.25, 0.3) is 0 Å². The predicted molar refractivity (Wildman–Crippen MR) is 141 cm³/mol. The van der Waals surface area contributed by atoms with Crippen molar-refractivity contribution >= 4 is 17.1 Å². The summed E-state index contributed by atoms with van der Waals surface area (Å²) >= 11 is 0. The van der Waals surface area contributed by atoms with E-state index in [0.29, 0.717) is 0 Å². The lowest BCUT2D eigenvalue weighted by atomic mass is 9.85. The number of nitrogens with zero attached hydrogens (tertiary/aromatic N) is 2. The van der Waals surface area contributed by atoms with Crippen molar-refractivity contribution in [2.75, 3.05) is 4.90 Å². The van der Waals surface area contributed by atoms with E-state index >= 15 is 0 Å². The van der Waals surface area contributed by atoms with Crippen molar-refractivity contribution in [2.24, 2.45) is 0 Å². The smallest absolute Gasteiger partial charge is 0.0563 e. The standard InChI is InChI=1S/C33H22N2/c1-3-7-24-19(5-1)14-29-25(24)10-9-21-15-27-26(32(21)29)11-12-31-28(27)16-23-18-34-17-22-13-20-6-2-4-8-30(20)35(31)33(22)23/h1-12,17-18H,13-16H2. The summed E-state index contributed by atoms with van der Waals surface area (Å²) < 4.78 is 0. The van der Waals surface area contributed by atoms with E-state index in [1.165, 1.54) is 83.8 Å². The SMILES string of the molecule is c1ccc2c(c1)Cc1c-2ccc2c1-c1ccc3c(c1C2)Cc1cncc2c1N3c1ccccc1C2. The zero-order valence-corrected chi connectivity index (χ0v) is 19.3. The van der Waals surface area contributed by atoms with E-state index in [0.717, 1.165) is 25.7 Å². The fourth-order valence-corrected chi connectivity index (χ4v) is 7.19. The zero-order valence-electron chi connectivity index (χ0n) is 19.3. The van der Waals surface area contributed by atoms with E-state index in [-0.39, 0.29) is 0 Å². The summed E-state index contributed by atoms with van der Waals surface area (Å²) in [6.45, 7) is 0. The van der Waals surface area contributed by atoms with Gasteiger partial charge < -0.3 is 4.90 Å². The molecule has 9 rings (SSSR count). The molecule has 0 saturated heterocycles. The molecular formula is C33H22N2. The number of hydrogen-bond acceptors (Lipinski definition) is 2. The first-order valence-electron chi connectivity index (χ1n) is 12.6. The van der Waals surface area contributed by atoms with Crippen LogP contribution < -0.4 is 4.90 Å². The van der Waals surface area contributed by atoms with Crippen molar-refractivity contribution in [3.63, 3.8) is 0 Å². The van der Waals surface area contributed by atoms with Crippen molar-refractivity contribution in [2.45, 2.75) is 25.7 Å². The minimum absolute atomic E-state index is 0.960. The summed E-state index contributed by atoms with van der Waals surface area (Å²) in [6, 6.07) is 27.3. The van der Waals surface area contributed by atoms with Crippen LogP contribution in [0.15, 0.2) is 85.2 Å². The van der Waals surface area contributed by atoms with Crippen LogP contribution in [0.3, 0.4) is 0 Å². The molecule has 2 nitrogen and oxygen atoms in total. The number of anilines is 3. The van der Waals surface area contributed by atoms with Crippen molar-refractivity contribution in [3.8, 4) is 22.3 Å². The molecule has 2 heteroatoms. The Hall–Kier alpha value is -4.17. The molecule has 0 saturated carbocycles. The Labute approximate surface area is 204 Å². The quantitative estimate of drug-likeness (QED) is 0.240. The number of benzene rings is 4. The van der Waals surface area contributed by atoms with Crippen LogP contribution in [-0.4, -0.2) is 4.98 Å². The Balaban J connectivity index is 1.28. The van der Waals surface area contributed by atoms with Crippen LogP contribution in [-0.2, 0) is 25.7 Å². The first kappa shape index (κ1) is 18.2. The summed E-state index contributed by atoms with van der Waals surface area (Å²) in [5.74, 6) is 0. The Morgan fingerprint density at radius 2 is 1.23 bits per heavy atom. The van der Waals surface area contributed by atoms with E-state index in [1.807, 2.05) is 0 Å². The molecule has 35 heavy (non-hydrogen) atoms. The minimum Gasteiger partial charge on any atom is -0.309 e.